The third kappa shape index (κ3) is 1.16. The fraction of sp³-hybridized carbons (Fsp3) is 0. The van der Waals surface area contributed by atoms with Gasteiger partial charge in [-0.25, -0.2) is 8.78 Å². The van der Waals surface area contributed by atoms with Crippen LogP contribution in [0.2, 0.25) is 0 Å². The molecular weight excluding hydrogens is 232 g/mol. The van der Waals surface area contributed by atoms with Crippen LogP contribution in [0.15, 0.2) is 21.7 Å². The second kappa shape index (κ2) is 3.19. The van der Waals surface area contributed by atoms with E-state index in [0.29, 0.717) is 12.1 Å². The first-order valence-electron chi connectivity index (χ1n) is 3.93. The van der Waals surface area contributed by atoms with Gasteiger partial charge < -0.3 is 0 Å². The third-order valence-corrected chi connectivity index (χ3v) is 2.03. The van der Waals surface area contributed by atoms with Gasteiger partial charge in [0.05, 0.1) is 10.8 Å². The topological polar surface area (TPSA) is 44.0 Å². The Morgan fingerprint density at radius 1 is 0.938 bits per heavy atom. The fourth-order valence-corrected chi connectivity index (χ4v) is 1.29. The summed E-state index contributed by atoms with van der Waals surface area (Å²) in [5, 5.41) is -1.86. The third-order valence-electron chi connectivity index (χ3n) is 2.03. The van der Waals surface area contributed by atoms with Crippen molar-refractivity contribution in [3.8, 4) is 0 Å². The van der Waals surface area contributed by atoms with E-state index in [0.717, 1.165) is 0 Å². The van der Waals surface area contributed by atoms with Gasteiger partial charge in [0, 0.05) is 0 Å². The van der Waals surface area contributed by atoms with E-state index in [1.54, 1.807) is 0 Å². The highest BCUT2D eigenvalue weighted by atomic mass is 19.2. The van der Waals surface area contributed by atoms with Crippen molar-refractivity contribution < 1.29 is 17.7 Å². The minimum absolute atomic E-state index is 0.543. The molecule has 0 radical (unpaired) electrons. The molecule has 2 aromatic rings. The Morgan fingerprint density at radius 2 is 1.50 bits per heavy atom. The Labute approximate surface area is 83.8 Å². The van der Waals surface area contributed by atoms with E-state index < -0.39 is 43.3 Å². The zero-order valence-electron chi connectivity index (χ0n) is 7.38. The summed E-state index contributed by atoms with van der Waals surface area (Å²) in [6, 6.07) is 1.24. The number of halogens is 4. The molecule has 0 spiro atoms. The summed E-state index contributed by atoms with van der Waals surface area (Å²) in [5.74, 6) is -3.12. The summed E-state index contributed by atoms with van der Waals surface area (Å²) in [4.78, 5) is 19.8. The van der Waals surface area contributed by atoms with E-state index in [4.69, 9.17) is 0 Å². The quantitative estimate of drug-likeness (QED) is 0.636. The second-order valence-corrected chi connectivity index (χ2v) is 2.91. The first kappa shape index (κ1) is 10.4. The van der Waals surface area contributed by atoms with Crippen molar-refractivity contribution in [2.24, 2.45) is 0 Å². The lowest BCUT2D eigenvalue weighted by Gasteiger charge is -2.01. The number of aromatic nitrogens is 2. The second-order valence-electron chi connectivity index (χ2n) is 2.91. The highest BCUT2D eigenvalue weighted by Crippen LogP contribution is 2.13. The van der Waals surface area contributed by atoms with Gasteiger partial charge in [-0.15, -0.1) is 0 Å². The fourth-order valence-electron chi connectivity index (χ4n) is 1.29. The Bertz CT molecular complexity index is 704. The Morgan fingerprint density at radius 3 is 2.12 bits per heavy atom. The molecular formula is C8H2F4N2O2. The van der Waals surface area contributed by atoms with Gasteiger partial charge in [0.15, 0.2) is 11.6 Å². The van der Waals surface area contributed by atoms with Crippen LogP contribution < -0.4 is 11.1 Å². The van der Waals surface area contributed by atoms with Crippen molar-refractivity contribution in [1.29, 1.82) is 0 Å². The first-order valence-corrected chi connectivity index (χ1v) is 3.93. The van der Waals surface area contributed by atoms with Gasteiger partial charge in [-0.2, -0.15) is 0 Å². The number of hydrogen-bond acceptors (Lipinski definition) is 2. The predicted octanol–water partition coefficient (Wildman–Crippen LogP) is 0.907. The molecule has 0 atom stereocenters. The summed E-state index contributed by atoms with van der Waals surface area (Å²) < 4.78 is 51.3. The van der Waals surface area contributed by atoms with Crippen LogP contribution >= 0.6 is 0 Å². The molecule has 1 aromatic heterocycles. The standard InChI is InChI=1S/C8H2F4N2O2/c9-4-2-1-3-5(6(4)10)8(16)14(12)13(11)7(3)15/h1-2H. The molecule has 84 valence electrons. The molecule has 0 bridgehead atoms. The predicted molar refractivity (Wildman–Crippen MR) is 45.4 cm³/mol. The SMILES string of the molecule is O=c1c2ccc(F)c(F)c2c(=O)n(F)n1F. The molecule has 0 aliphatic rings. The van der Waals surface area contributed by atoms with E-state index >= 15 is 0 Å². The maximum Gasteiger partial charge on any atom is 0.309 e. The zero-order chi connectivity index (χ0) is 12.0. The van der Waals surface area contributed by atoms with E-state index in [9.17, 15) is 27.3 Å². The monoisotopic (exact) mass is 234 g/mol. The van der Waals surface area contributed by atoms with Crippen molar-refractivity contribution in [1.82, 2.24) is 9.81 Å². The summed E-state index contributed by atoms with van der Waals surface area (Å²) in [7, 11) is 0. The maximum absolute atomic E-state index is 13.1. The number of fused-ring (bicyclic) bond motifs is 1. The minimum atomic E-state index is -1.78. The van der Waals surface area contributed by atoms with Gasteiger partial charge in [-0.05, 0) is 21.9 Å². The van der Waals surface area contributed by atoms with Crippen molar-refractivity contribution in [2.75, 3.05) is 0 Å². The van der Waals surface area contributed by atoms with Gasteiger partial charge in [0.2, 0.25) is 0 Å². The lowest BCUT2D eigenvalue weighted by Crippen LogP contribution is -2.32. The Hall–Kier alpha value is -2.12. The first-order chi connectivity index (χ1) is 7.45. The Kier molecular flexibility index (Phi) is 2.07. The van der Waals surface area contributed by atoms with Crippen LogP contribution in [0.5, 0.6) is 0 Å². The number of rotatable bonds is 0. The van der Waals surface area contributed by atoms with Gasteiger partial charge in [0.25, 0.3) is 0 Å². The minimum Gasteiger partial charge on any atom is -0.264 e. The average molecular weight is 234 g/mol. The molecule has 0 amide bonds. The molecule has 1 aromatic carbocycles. The van der Waals surface area contributed by atoms with Gasteiger partial charge in [-0.1, -0.05) is 8.96 Å². The van der Waals surface area contributed by atoms with Gasteiger partial charge in [-0.3, -0.25) is 9.59 Å². The van der Waals surface area contributed by atoms with E-state index in [2.05, 4.69) is 0 Å². The largest absolute Gasteiger partial charge is 0.309 e. The lowest BCUT2D eigenvalue weighted by atomic mass is 10.2. The van der Waals surface area contributed by atoms with Gasteiger partial charge >= 0.3 is 11.1 Å². The lowest BCUT2D eigenvalue weighted by molar-refractivity contribution is 0.121. The van der Waals surface area contributed by atoms with Crippen LogP contribution in [0.25, 0.3) is 10.8 Å². The molecule has 1 heterocycles. The zero-order valence-corrected chi connectivity index (χ0v) is 7.38. The summed E-state index contributed by atoms with van der Waals surface area (Å²) in [6.45, 7) is 0. The number of hydrogen-bond donors (Lipinski definition) is 0. The molecule has 0 fully saturated rings. The number of benzene rings is 1. The van der Waals surface area contributed by atoms with Crippen molar-refractivity contribution in [3.63, 3.8) is 0 Å². The molecule has 0 aliphatic carbocycles. The molecule has 0 aliphatic heterocycles. The van der Waals surface area contributed by atoms with Crippen LogP contribution in [0.1, 0.15) is 0 Å². The van der Waals surface area contributed by atoms with Crippen LogP contribution in [-0.2, 0) is 0 Å². The van der Waals surface area contributed by atoms with E-state index in [-0.39, 0.29) is 0 Å². The van der Waals surface area contributed by atoms with Gasteiger partial charge in [0.1, 0.15) is 0 Å². The highest BCUT2D eigenvalue weighted by molar-refractivity contribution is 5.81. The molecule has 0 unspecified atom stereocenters. The molecule has 2 rings (SSSR count). The van der Waals surface area contributed by atoms with Crippen LogP contribution in [0, 0.1) is 11.6 Å². The van der Waals surface area contributed by atoms with Crippen molar-refractivity contribution >= 4 is 10.8 Å². The number of nitrogens with zero attached hydrogens (tertiary/aromatic N) is 2. The molecule has 0 N–H and O–H groups in total. The summed E-state index contributed by atoms with van der Waals surface area (Å²) >= 11 is 0. The smallest absolute Gasteiger partial charge is 0.264 e. The summed E-state index contributed by atoms with van der Waals surface area (Å²) in [5.41, 5.74) is -3.37. The molecule has 8 heteroatoms. The molecule has 16 heavy (non-hydrogen) atoms. The highest BCUT2D eigenvalue weighted by Gasteiger charge is 2.18. The molecule has 0 saturated carbocycles. The Balaban J connectivity index is 3.23. The summed E-state index contributed by atoms with van der Waals surface area (Å²) in [6.07, 6.45) is 0. The van der Waals surface area contributed by atoms with E-state index in [1.807, 2.05) is 0 Å². The van der Waals surface area contributed by atoms with E-state index in [1.165, 1.54) is 0 Å². The normalized spacial score (nSPS) is 11.0. The van der Waals surface area contributed by atoms with Crippen LogP contribution in [0.4, 0.5) is 17.7 Å². The van der Waals surface area contributed by atoms with Crippen LogP contribution in [-0.4, -0.2) is 9.81 Å². The van der Waals surface area contributed by atoms with Crippen molar-refractivity contribution in [3.05, 3.63) is 44.5 Å². The molecule has 4 nitrogen and oxygen atoms in total. The van der Waals surface area contributed by atoms with Crippen LogP contribution in [0.3, 0.4) is 0 Å². The maximum atomic E-state index is 13.1. The average Bonchev–Trinajstić information content (AvgIpc) is 2.27. The molecule has 0 saturated heterocycles. The van der Waals surface area contributed by atoms with Crippen molar-refractivity contribution in [2.45, 2.75) is 0 Å².